The van der Waals surface area contributed by atoms with Crippen molar-refractivity contribution in [1.82, 2.24) is 9.78 Å². The number of anilines is 1. The molecule has 2 aromatic carbocycles. The third kappa shape index (κ3) is 3.97. The molecule has 3 rings (SSSR count). The summed E-state index contributed by atoms with van der Waals surface area (Å²) in [6.45, 7) is 1.46. The van der Waals surface area contributed by atoms with Crippen molar-refractivity contribution in [1.29, 1.82) is 0 Å². The number of benzene rings is 2. The Morgan fingerprint density at radius 1 is 1.12 bits per heavy atom. The molecule has 0 radical (unpaired) electrons. The maximum atomic E-state index is 12.5. The van der Waals surface area contributed by atoms with Gasteiger partial charge in [-0.05, 0) is 48.0 Å². The molecular weight excluding hydrogens is 322 g/mol. The smallest absolute Gasteiger partial charge is 0.221 e. The maximum absolute atomic E-state index is 12.5. The first-order valence-electron chi connectivity index (χ1n) is 7.47. The summed E-state index contributed by atoms with van der Waals surface area (Å²) in [4.78, 5) is 11.7. The van der Waals surface area contributed by atoms with Crippen molar-refractivity contribution in [2.75, 3.05) is 5.32 Å². The third-order valence-electron chi connectivity index (χ3n) is 3.44. The molecule has 3 aromatic rings. The number of amides is 1. The van der Waals surface area contributed by atoms with E-state index < -0.39 is 10.8 Å². The minimum Gasteiger partial charge on any atom is -0.326 e. The van der Waals surface area contributed by atoms with E-state index in [-0.39, 0.29) is 5.91 Å². The normalized spacial score (nSPS) is 11.9. The average molecular weight is 339 g/mol. The zero-order valence-electron chi connectivity index (χ0n) is 13.2. The van der Waals surface area contributed by atoms with E-state index in [4.69, 9.17) is 0 Å². The molecule has 0 saturated carbocycles. The van der Waals surface area contributed by atoms with E-state index in [1.165, 1.54) is 6.92 Å². The van der Waals surface area contributed by atoms with Crippen molar-refractivity contribution < 1.29 is 9.00 Å². The van der Waals surface area contributed by atoms with E-state index >= 15 is 0 Å². The van der Waals surface area contributed by atoms with Gasteiger partial charge in [0, 0.05) is 29.9 Å². The van der Waals surface area contributed by atoms with Crippen LogP contribution in [-0.2, 0) is 21.3 Å². The van der Waals surface area contributed by atoms with Crippen LogP contribution in [0.15, 0.2) is 71.9 Å². The van der Waals surface area contributed by atoms with Crippen LogP contribution < -0.4 is 5.32 Å². The highest BCUT2D eigenvalue weighted by Crippen LogP contribution is 2.17. The third-order valence-corrected chi connectivity index (χ3v) is 4.83. The number of carbonyl (C=O) groups excluding carboxylic acids is 1. The standard InChI is InChI=1S/C18H17N3O2S/c1-14(22)20-16-5-9-18(10-6-16)24(23)13-15-3-7-17(8-4-15)21-12-2-11-19-21/h2-12H,13H2,1H3,(H,20,22)/t24-/m0/s1. The molecule has 24 heavy (non-hydrogen) atoms. The first-order chi connectivity index (χ1) is 11.6. The van der Waals surface area contributed by atoms with E-state index in [1.807, 2.05) is 36.5 Å². The number of hydrogen-bond acceptors (Lipinski definition) is 3. The van der Waals surface area contributed by atoms with Crippen LogP contribution in [0, 0.1) is 0 Å². The van der Waals surface area contributed by atoms with Crippen molar-refractivity contribution >= 4 is 22.4 Å². The highest BCUT2D eigenvalue weighted by molar-refractivity contribution is 7.84. The quantitative estimate of drug-likeness (QED) is 0.777. The van der Waals surface area contributed by atoms with E-state index in [1.54, 1.807) is 35.1 Å². The second-order valence-electron chi connectivity index (χ2n) is 5.31. The van der Waals surface area contributed by atoms with Gasteiger partial charge >= 0.3 is 0 Å². The summed E-state index contributed by atoms with van der Waals surface area (Å²) < 4.78 is 14.2. The molecule has 0 aliphatic rings. The Bertz CT molecular complexity index is 841. The van der Waals surface area contributed by atoms with Crippen molar-refractivity contribution in [2.24, 2.45) is 0 Å². The fourth-order valence-electron chi connectivity index (χ4n) is 2.29. The molecule has 122 valence electrons. The zero-order valence-corrected chi connectivity index (χ0v) is 14.0. The van der Waals surface area contributed by atoms with Gasteiger partial charge in [-0.3, -0.25) is 9.00 Å². The summed E-state index contributed by atoms with van der Waals surface area (Å²) >= 11 is 0. The molecule has 0 aliphatic heterocycles. The van der Waals surface area contributed by atoms with Gasteiger partial charge in [0.2, 0.25) is 5.91 Å². The first-order valence-corrected chi connectivity index (χ1v) is 8.79. The second kappa shape index (κ2) is 7.23. The molecule has 1 amide bonds. The second-order valence-corrected chi connectivity index (χ2v) is 6.76. The fourth-order valence-corrected chi connectivity index (χ4v) is 3.40. The van der Waals surface area contributed by atoms with Crippen LogP contribution in [0.3, 0.4) is 0 Å². The van der Waals surface area contributed by atoms with E-state index in [9.17, 15) is 9.00 Å². The Kier molecular flexibility index (Phi) is 4.86. The molecular formula is C18H17N3O2S. The molecule has 0 bridgehead atoms. The molecule has 0 fully saturated rings. The molecule has 0 unspecified atom stereocenters. The van der Waals surface area contributed by atoms with Crippen molar-refractivity contribution in [3.05, 3.63) is 72.6 Å². The minimum absolute atomic E-state index is 0.124. The number of carbonyl (C=O) groups is 1. The molecule has 1 heterocycles. The maximum Gasteiger partial charge on any atom is 0.221 e. The number of rotatable bonds is 5. The van der Waals surface area contributed by atoms with E-state index in [0.29, 0.717) is 11.4 Å². The van der Waals surface area contributed by atoms with Gasteiger partial charge in [-0.15, -0.1) is 0 Å². The van der Waals surface area contributed by atoms with Crippen molar-refractivity contribution in [3.8, 4) is 5.69 Å². The Morgan fingerprint density at radius 3 is 2.42 bits per heavy atom. The van der Waals surface area contributed by atoms with Crippen LogP contribution >= 0.6 is 0 Å². The van der Waals surface area contributed by atoms with Crippen molar-refractivity contribution in [3.63, 3.8) is 0 Å². The van der Waals surface area contributed by atoms with Gasteiger partial charge < -0.3 is 5.32 Å². The SMILES string of the molecule is CC(=O)Nc1ccc([S@@](=O)Cc2ccc(-n3cccn3)cc2)cc1. The van der Waals surface area contributed by atoms with Gasteiger partial charge in [-0.2, -0.15) is 5.10 Å². The Balaban J connectivity index is 1.67. The van der Waals surface area contributed by atoms with Gasteiger partial charge in [0.25, 0.3) is 0 Å². The lowest BCUT2D eigenvalue weighted by Crippen LogP contribution is -2.05. The predicted octanol–water partition coefficient (Wildman–Crippen LogP) is 3.14. The largest absolute Gasteiger partial charge is 0.326 e. The number of hydrogen-bond donors (Lipinski definition) is 1. The van der Waals surface area contributed by atoms with E-state index in [0.717, 1.165) is 16.1 Å². The highest BCUT2D eigenvalue weighted by atomic mass is 32.2. The molecule has 1 atom stereocenters. The molecule has 1 N–H and O–H groups in total. The molecule has 0 saturated heterocycles. The van der Waals surface area contributed by atoms with Crippen LogP contribution in [-0.4, -0.2) is 19.9 Å². The summed E-state index contributed by atoms with van der Waals surface area (Å²) in [5.41, 5.74) is 2.66. The van der Waals surface area contributed by atoms with Gasteiger partial charge in [0.1, 0.15) is 0 Å². The van der Waals surface area contributed by atoms with Crippen molar-refractivity contribution in [2.45, 2.75) is 17.6 Å². The lowest BCUT2D eigenvalue weighted by atomic mass is 10.2. The van der Waals surface area contributed by atoms with Crippen LogP contribution in [0.2, 0.25) is 0 Å². The van der Waals surface area contributed by atoms with E-state index in [2.05, 4.69) is 10.4 Å². The molecule has 6 heteroatoms. The zero-order chi connectivity index (χ0) is 16.9. The van der Waals surface area contributed by atoms with Crippen LogP contribution in [0.4, 0.5) is 5.69 Å². The molecule has 0 aliphatic carbocycles. The number of aromatic nitrogens is 2. The molecule has 1 aromatic heterocycles. The van der Waals surface area contributed by atoms with Crippen LogP contribution in [0.25, 0.3) is 5.69 Å². The topological polar surface area (TPSA) is 64.0 Å². The number of nitrogens with zero attached hydrogens (tertiary/aromatic N) is 2. The fraction of sp³-hybridized carbons (Fsp3) is 0.111. The first kappa shape index (κ1) is 16.1. The molecule has 0 spiro atoms. The summed E-state index contributed by atoms with van der Waals surface area (Å²) in [6.07, 6.45) is 3.61. The Hall–Kier alpha value is -2.73. The monoisotopic (exact) mass is 339 g/mol. The van der Waals surface area contributed by atoms with Gasteiger partial charge in [0.15, 0.2) is 0 Å². The van der Waals surface area contributed by atoms with Crippen LogP contribution in [0.1, 0.15) is 12.5 Å². The van der Waals surface area contributed by atoms with Gasteiger partial charge in [0.05, 0.1) is 22.2 Å². The lowest BCUT2D eigenvalue weighted by molar-refractivity contribution is -0.114. The van der Waals surface area contributed by atoms with Crippen LogP contribution in [0.5, 0.6) is 0 Å². The summed E-state index contributed by atoms with van der Waals surface area (Å²) in [7, 11) is -1.13. The summed E-state index contributed by atoms with van der Waals surface area (Å²) in [6, 6.07) is 16.8. The predicted molar refractivity (Wildman–Crippen MR) is 94.4 cm³/mol. The molecule has 5 nitrogen and oxygen atoms in total. The average Bonchev–Trinajstić information content (AvgIpc) is 3.10. The Morgan fingerprint density at radius 2 is 1.83 bits per heavy atom. The number of nitrogens with one attached hydrogen (secondary N) is 1. The summed E-state index contributed by atoms with van der Waals surface area (Å²) in [5, 5.41) is 6.87. The van der Waals surface area contributed by atoms with Gasteiger partial charge in [-0.25, -0.2) is 4.68 Å². The minimum atomic E-state index is -1.13. The highest BCUT2D eigenvalue weighted by Gasteiger charge is 2.06. The lowest BCUT2D eigenvalue weighted by Gasteiger charge is -2.06. The Labute approximate surface area is 142 Å². The van der Waals surface area contributed by atoms with Gasteiger partial charge in [-0.1, -0.05) is 12.1 Å². The summed E-state index contributed by atoms with van der Waals surface area (Å²) in [5.74, 6) is 0.319.